The first kappa shape index (κ1) is 19.1. The molecule has 27 heavy (non-hydrogen) atoms. The Balaban J connectivity index is 2.05. The van der Waals surface area contributed by atoms with Crippen LogP contribution in [0.25, 0.3) is 11.5 Å². The van der Waals surface area contributed by atoms with E-state index in [-0.39, 0.29) is 5.76 Å². The Morgan fingerprint density at radius 2 is 1.67 bits per heavy atom. The van der Waals surface area contributed by atoms with Gasteiger partial charge in [0.2, 0.25) is 0 Å². The van der Waals surface area contributed by atoms with Crippen LogP contribution in [0.5, 0.6) is 0 Å². The number of para-hydroxylation sites is 1. The summed E-state index contributed by atoms with van der Waals surface area (Å²) >= 11 is 11.9. The van der Waals surface area contributed by atoms with Gasteiger partial charge in [0.25, 0.3) is 5.70 Å². The first-order valence-electron chi connectivity index (χ1n) is 8.65. The van der Waals surface area contributed by atoms with E-state index in [2.05, 4.69) is 12.2 Å². The van der Waals surface area contributed by atoms with Crippen LogP contribution in [0, 0.1) is 0 Å². The SMILES string of the molecule is CCc1ccc(C(O)=C(C(=S)Nc2ccccc2Cl)[n+]2ccccc2)cc1. The summed E-state index contributed by atoms with van der Waals surface area (Å²) in [5.74, 6) is 0.0957. The van der Waals surface area contributed by atoms with Crippen LogP contribution >= 0.6 is 23.8 Å². The molecular weight excluding hydrogens is 376 g/mol. The Morgan fingerprint density at radius 1 is 1.00 bits per heavy atom. The fraction of sp³-hybridized carbons (Fsp3) is 0.0909. The Bertz CT molecular complexity index is 969. The molecule has 5 heteroatoms. The van der Waals surface area contributed by atoms with Gasteiger partial charge < -0.3 is 10.4 Å². The maximum atomic E-state index is 11.0. The van der Waals surface area contributed by atoms with Crippen molar-refractivity contribution in [2.75, 3.05) is 5.32 Å². The predicted molar refractivity (Wildman–Crippen MR) is 116 cm³/mol. The summed E-state index contributed by atoms with van der Waals surface area (Å²) in [4.78, 5) is 0.372. The fourth-order valence-electron chi connectivity index (χ4n) is 2.67. The zero-order valence-corrected chi connectivity index (χ0v) is 16.5. The lowest BCUT2D eigenvalue weighted by Gasteiger charge is -2.11. The lowest BCUT2D eigenvalue weighted by Crippen LogP contribution is -2.38. The van der Waals surface area contributed by atoms with E-state index >= 15 is 0 Å². The highest BCUT2D eigenvalue weighted by molar-refractivity contribution is 7.81. The van der Waals surface area contributed by atoms with Crippen LogP contribution in [0.15, 0.2) is 79.1 Å². The number of nitrogens with one attached hydrogen (secondary N) is 1. The van der Waals surface area contributed by atoms with Gasteiger partial charge in [-0.25, -0.2) is 0 Å². The van der Waals surface area contributed by atoms with Crippen molar-refractivity contribution < 1.29 is 9.67 Å². The van der Waals surface area contributed by atoms with Crippen LogP contribution in [-0.4, -0.2) is 10.1 Å². The number of hydrogen-bond donors (Lipinski definition) is 2. The van der Waals surface area contributed by atoms with Gasteiger partial charge in [0.1, 0.15) is 0 Å². The van der Waals surface area contributed by atoms with Crippen molar-refractivity contribution in [3.05, 3.63) is 95.3 Å². The number of aliphatic hydroxyl groups excluding tert-OH is 1. The summed E-state index contributed by atoms with van der Waals surface area (Å²) in [6.07, 6.45) is 4.62. The predicted octanol–water partition coefficient (Wildman–Crippen LogP) is 5.51. The van der Waals surface area contributed by atoms with Crippen molar-refractivity contribution in [3.63, 3.8) is 0 Å². The molecule has 3 nitrogen and oxygen atoms in total. The molecule has 3 rings (SSSR count). The minimum absolute atomic E-state index is 0.0957. The molecule has 0 spiro atoms. The average molecular weight is 396 g/mol. The maximum Gasteiger partial charge on any atom is 0.288 e. The third kappa shape index (κ3) is 4.54. The molecule has 0 amide bonds. The molecule has 0 saturated heterocycles. The number of thiocarbonyl (C=S) groups is 1. The maximum absolute atomic E-state index is 11.0. The van der Waals surface area contributed by atoms with Crippen molar-refractivity contribution in [1.82, 2.24) is 0 Å². The minimum atomic E-state index is 0.0957. The minimum Gasteiger partial charge on any atom is -0.502 e. The number of benzene rings is 2. The molecule has 2 N–H and O–H groups in total. The highest BCUT2D eigenvalue weighted by Crippen LogP contribution is 2.24. The van der Waals surface area contributed by atoms with Gasteiger partial charge in [0.15, 0.2) is 23.1 Å². The van der Waals surface area contributed by atoms with Crippen LogP contribution in [0.2, 0.25) is 5.02 Å². The molecule has 0 saturated carbocycles. The summed E-state index contributed by atoms with van der Waals surface area (Å²) in [6.45, 7) is 2.10. The average Bonchev–Trinajstić information content (AvgIpc) is 2.71. The number of aliphatic hydroxyl groups is 1. The van der Waals surface area contributed by atoms with E-state index in [0.717, 1.165) is 6.42 Å². The van der Waals surface area contributed by atoms with Crippen molar-refractivity contribution in [3.8, 4) is 0 Å². The third-order valence-electron chi connectivity index (χ3n) is 4.17. The molecule has 0 aliphatic rings. The van der Waals surface area contributed by atoms with Gasteiger partial charge in [-0.2, -0.15) is 4.57 Å². The Kier molecular flexibility index (Phi) is 6.22. The number of halogens is 1. The number of anilines is 1. The van der Waals surface area contributed by atoms with Crippen LogP contribution < -0.4 is 9.88 Å². The number of aromatic nitrogens is 1. The zero-order valence-electron chi connectivity index (χ0n) is 14.9. The Morgan fingerprint density at radius 3 is 2.30 bits per heavy atom. The molecule has 0 aliphatic carbocycles. The number of pyridine rings is 1. The quantitative estimate of drug-likeness (QED) is 0.258. The van der Waals surface area contributed by atoms with Crippen LogP contribution in [0.4, 0.5) is 5.69 Å². The van der Waals surface area contributed by atoms with E-state index in [1.165, 1.54) is 5.56 Å². The topological polar surface area (TPSA) is 36.1 Å². The van der Waals surface area contributed by atoms with E-state index in [1.54, 1.807) is 10.6 Å². The van der Waals surface area contributed by atoms with Crippen molar-refractivity contribution in [1.29, 1.82) is 0 Å². The van der Waals surface area contributed by atoms with Crippen molar-refractivity contribution in [2.24, 2.45) is 0 Å². The van der Waals surface area contributed by atoms with Gasteiger partial charge in [0.05, 0.1) is 10.7 Å². The number of nitrogens with zero attached hydrogens (tertiary/aromatic N) is 1. The van der Waals surface area contributed by atoms with Crippen LogP contribution in [0.1, 0.15) is 18.1 Å². The second-order valence-electron chi connectivity index (χ2n) is 5.96. The molecule has 0 atom stereocenters. The molecule has 3 aromatic rings. The first-order valence-corrected chi connectivity index (χ1v) is 9.44. The fourth-order valence-corrected chi connectivity index (χ4v) is 3.17. The van der Waals surface area contributed by atoms with Gasteiger partial charge in [-0.1, -0.05) is 73.2 Å². The van der Waals surface area contributed by atoms with Crippen molar-refractivity contribution in [2.45, 2.75) is 13.3 Å². The standard InChI is InChI=1S/C22H19ClN2OS/c1-2-16-10-12-17(13-11-16)21(26)20(25-14-6-3-7-15-25)22(27)24-19-9-5-4-8-18(19)23/h3-15H,2H2,1H3,(H-,24,26,27)/p+1. The van der Waals surface area contributed by atoms with Gasteiger partial charge in [0, 0.05) is 17.7 Å². The summed E-state index contributed by atoms with van der Waals surface area (Å²) in [5.41, 5.74) is 3.07. The van der Waals surface area contributed by atoms with E-state index in [9.17, 15) is 5.11 Å². The molecular formula is C22H20ClN2OS+. The van der Waals surface area contributed by atoms with Crippen LogP contribution in [0.3, 0.4) is 0 Å². The summed E-state index contributed by atoms with van der Waals surface area (Å²) < 4.78 is 1.79. The lowest BCUT2D eigenvalue weighted by molar-refractivity contribution is -0.575. The van der Waals surface area contributed by atoms with E-state index in [4.69, 9.17) is 23.8 Å². The summed E-state index contributed by atoms with van der Waals surface area (Å²) in [5, 5.41) is 14.7. The molecule has 1 aromatic heterocycles. The van der Waals surface area contributed by atoms with E-state index < -0.39 is 0 Å². The Hall–Kier alpha value is -2.69. The third-order valence-corrected chi connectivity index (χ3v) is 4.80. The molecule has 0 aliphatic heterocycles. The monoisotopic (exact) mass is 395 g/mol. The normalized spacial score (nSPS) is 11.6. The largest absolute Gasteiger partial charge is 0.502 e. The highest BCUT2D eigenvalue weighted by Gasteiger charge is 2.24. The zero-order chi connectivity index (χ0) is 19.2. The Labute approximate surface area is 169 Å². The second kappa shape index (κ2) is 8.80. The van der Waals surface area contributed by atoms with Gasteiger partial charge >= 0.3 is 0 Å². The highest BCUT2D eigenvalue weighted by atomic mass is 35.5. The summed E-state index contributed by atoms with van der Waals surface area (Å²) in [7, 11) is 0. The summed E-state index contributed by atoms with van der Waals surface area (Å²) in [6, 6.07) is 20.8. The van der Waals surface area contributed by atoms with E-state index in [1.807, 2.05) is 73.1 Å². The second-order valence-corrected chi connectivity index (χ2v) is 6.78. The molecule has 0 fully saturated rings. The number of rotatable bonds is 5. The molecule has 136 valence electrons. The number of aryl methyl sites for hydroxylation is 1. The van der Waals surface area contributed by atoms with Crippen LogP contribution in [-0.2, 0) is 6.42 Å². The molecule has 0 bridgehead atoms. The molecule has 0 unspecified atom stereocenters. The molecule has 1 heterocycles. The van der Waals surface area contributed by atoms with Crippen molar-refractivity contribution >= 4 is 46.0 Å². The van der Waals surface area contributed by atoms with E-state index in [0.29, 0.717) is 27.0 Å². The first-order chi connectivity index (χ1) is 13.1. The van der Waals surface area contributed by atoms with Gasteiger partial charge in [-0.3, -0.25) is 0 Å². The molecule has 0 radical (unpaired) electrons. The molecule has 2 aromatic carbocycles. The number of hydrogen-bond acceptors (Lipinski definition) is 2. The van der Waals surface area contributed by atoms with Gasteiger partial charge in [-0.15, -0.1) is 0 Å². The smallest absolute Gasteiger partial charge is 0.288 e. The van der Waals surface area contributed by atoms with Gasteiger partial charge in [-0.05, 0) is 24.1 Å². The lowest BCUT2D eigenvalue weighted by atomic mass is 10.1.